The predicted molar refractivity (Wildman–Crippen MR) is 137 cm³/mol. The first-order valence-electron chi connectivity index (χ1n) is 11.7. The molecular formula is C24H27N7O6S. The zero-order valence-electron chi connectivity index (χ0n) is 20.7. The number of aromatic amines is 1. The van der Waals surface area contributed by atoms with Crippen molar-refractivity contribution in [2.24, 2.45) is 0 Å². The van der Waals surface area contributed by atoms with E-state index in [1.54, 1.807) is 18.3 Å². The fourth-order valence-corrected chi connectivity index (χ4v) is 5.51. The van der Waals surface area contributed by atoms with E-state index in [1.807, 2.05) is 24.3 Å². The van der Waals surface area contributed by atoms with Crippen LogP contribution in [-0.4, -0.2) is 64.9 Å². The van der Waals surface area contributed by atoms with Crippen LogP contribution >= 0.6 is 0 Å². The number of amides is 1. The first kappa shape index (κ1) is 26.8. The smallest absolute Gasteiger partial charge is 0.323 e. The Hall–Kier alpha value is -4.30. The van der Waals surface area contributed by atoms with Gasteiger partial charge < -0.3 is 20.3 Å². The Balaban J connectivity index is 1.40. The summed E-state index contributed by atoms with van der Waals surface area (Å²) in [6.07, 6.45) is 3.17. The summed E-state index contributed by atoms with van der Waals surface area (Å²) in [4.78, 5) is 28.7. The lowest BCUT2D eigenvalue weighted by Crippen LogP contribution is -2.48. The van der Waals surface area contributed by atoms with E-state index in [0.29, 0.717) is 18.5 Å². The number of aryl methyl sites for hydroxylation is 3. The number of aliphatic carboxylic acids is 1. The van der Waals surface area contributed by atoms with Crippen LogP contribution in [0, 0.1) is 13.8 Å². The molecule has 38 heavy (non-hydrogen) atoms. The Labute approximate surface area is 218 Å². The van der Waals surface area contributed by atoms with E-state index in [4.69, 9.17) is 4.52 Å². The number of hydrogen-bond acceptors (Lipinski definition) is 9. The summed E-state index contributed by atoms with van der Waals surface area (Å²) in [6, 6.07) is 9.11. The van der Waals surface area contributed by atoms with Crippen LogP contribution in [0.15, 0.2) is 52.0 Å². The zero-order chi connectivity index (χ0) is 27.3. The van der Waals surface area contributed by atoms with E-state index >= 15 is 0 Å². The van der Waals surface area contributed by atoms with Gasteiger partial charge in [-0.15, -0.1) is 0 Å². The highest BCUT2D eigenvalue weighted by molar-refractivity contribution is 7.89. The van der Waals surface area contributed by atoms with Gasteiger partial charge in [-0.25, -0.2) is 13.4 Å². The van der Waals surface area contributed by atoms with Crippen molar-refractivity contribution >= 4 is 38.6 Å². The number of carboxylic acid groups (broad SMARTS) is 1. The van der Waals surface area contributed by atoms with Crippen LogP contribution in [0.5, 0.6) is 0 Å². The van der Waals surface area contributed by atoms with Crippen molar-refractivity contribution in [3.8, 4) is 0 Å². The molecular weight excluding hydrogens is 514 g/mol. The molecule has 0 saturated heterocycles. The average molecular weight is 542 g/mol. The molecule has 0 radical (unpaired) electrons. The van der Waals surface area contributed by atoms with Gasteiger partial charge in [0.2, 0.25) is 10.0 Å². The van der Waals surface area contributed by atoms with Crippen molar-refractivity contribution in [2.75, 3.05) is 18.4 Å². The minimum absolute atomic E-state index is 0.0247. The van der Waals surface area contributed by atoms with Gasteiger partial charge in [0.1, 0.15) is 28.0 Å². The van der Waals surface area contributed by atoms with Gasteiger partial charge in [-0.2, -0.15) is 9.82 Å². The van der Waals surface area contributed by atoms with Crippen molar-refractivity contribution in [3.05, 3.63) is 65.3 Å². The second kappa shape index (κ2) is 11.4. The number of fused-ring (bicyclic) bond motifs is 1. The molecule has 200 valence electrons. The summed E-state index contributed by atoms with van der Waals surface area (Å²) >= 11 is 0. The number of carbonyl (C=O) groups is 2. The maximum Gasteiger partial charge on any atom is 0.323 e. The molecule has 1 aromatic carbocycles. The largest absolute Gasteiger partial charge is 0.480 e. The number of rotatable bonds is 12. The maximum atomic E-state index is 12.9. The van der Waals surface area contributed by atoms with Gasteiger partial charge in [0.25, 0.3) is 5.91 Å². The summed E-state index contributed by atoms with van der Waals surface area (Å²) in [5.41, 5.74) is 1.61. The molecule has 0 spiro atoms. The lowest BCUT2D eigenvalue weighted by molar-refractivity contribution is -0.138. The molecule has 1 unspecified atom stereocenters. The van der Waals surface area contributed by atoms with Crippen LogP contribution in [0.3, 0.4) is 0 Å². The Morgan fingerprint density at radius 2 is 1.97 bits per heavy atom. The third-order valence-corrected chi connectivity index (χ3v) is 7.50. The fraction of sp³-hybridized carbons (Fsp3) is 0.292. The Bertz CT molecular complexity index is 1530. The Morgan fingerprint density at radius 1 is 1.16 bits per heavy atom. The monoisotopic (exact) mass is 541 g/mol. The standard InChI is InChI=1S/C24H27N7O6S/c1-14-22(15(2)37-30-14)38(35,36)31-19(24(33)34)13-27-23(32)17-8-5-7-16-18(28-29-21(16)17)9-6-12-26-20-10-3-4-11-25-20/h3-5,7-8,10-11,19,31H,6,9,12-13H2,1-2H3,(H,25,26)(H,27,32)(H,28,29)(H,33,34). The van der Waals surface area contributed by atoms with Crippen LogP contribution in [-0.2, 0) is 21.2 Å². The van der Waals surface area contributed by atoms with Crippen LogP contribution < -0.4 is 15.4 Å². The molecule has 1 atom stereocenters. The molecule has 0 aliphatic heterocycles. The van der Waals surface area contributed by atoms with Crippen LogP contribution in [0.4, 0.5) is 5.82 Å². The molecule has 1 amide bonds. The summed E-state index contributed by atoms with van der Waals surface area (Å²) in [5.74, 6) is -1.24. The Kier molecular flexibility index (Phi) is 8.02. The number of benzene rings is 1. The molecule has 14 heteroatoms. The predicted octanol–water partition coefficient (Wildman–Crippen LogP) is 1.77. The van der Waals surface area contributed by atoms with Crippen molar-refractivity contribution in [3.63, 3.8) is 0 Å². The highest BCUT2D eigenvalue weighted by atomic mass is 32.2. The molecule has 3 aromatic heterocycles. The second-order valence-corrected chi connectivity index (χ2v) is 10.2. The number of carboxylic acids is 1. The van der Waals surface area contributed by atoms with E-state index in [-0.39, 0.29) is 21.9 Å². The molecule has 0 aliphatic rings. The van der Waals surface area contributed by atoms with Crippen LogP contribution in [0.2, 0.25) is 0 Å². The van der Waals surface area contributed by atoms with Crippen LogP contribution in [0.25, 0.3) is 10.9 Å². The number of pyridine rings is 1. The SMILES string of the molecule is Cc1noc(C)c1S(=O)(=O)NC(CNC(=O)c1cccc2c(CCCNc3ccccn3)[nH]nc12)C(=O)O. The topological polar surface area (TPSA) is 192 Å². The van der Waals surface area contributed by atoms with E-state index in [0.717, 1.165) is 23.3 Å². The average Bonchev–Trinajstić information content (AvgIpc) is 3.47. The molecule has 0 fully saturated rings. The minimum Gasteiger partial charge on any atom is -0.480 e. The second-order valence-electron chi connectivity index (χ2n) is 8.52. The van der Waals surface area contributed by atoms with Crippen molar-refractivity contribution in [1.29, 1.82) is 0 Å². The van der Waals surface area contributed by atoms with Gasteiger partial charge in [0.15, 0.2) is 5.76 Å². The van der Waals surface area contributed by atoms with Crippen molar-refractivity contribution < 1.29 is 27.6 Å². The highest BCUT2D eigenvalue weighted by Crippen LogP contribution is 2.21. The number of anilines is 1. The number of sulfonamides is 1. The van der Waals surface area contributed by atoms with Gasteiger partial charge in [-0.05, 0) is 44.9 Å². The van der Waals surface area contributed by atoms with E-state index in [1.165, 1.54) is 13.8 Å². The molecule has 5 N–H and O–H groups in total. The molecule has 3 heterocycles. The number of nitrogens with zero attached hydrogens (tertiary/aromatic N) is 3. The first-order valence-corrected chi connectivity index (χ1v) is 13.2. The molecule has 0 bridgehead atoms. The highest BCUT2D eigenvalue weighted by Gasteiger charge is 2.30. The number of aromatic nitrogens is 4. The van der Waals surface area contributed by atoms with Gasteiger partial charge in [-0.3, -0.25) is 14.7 Å². The third-order valence-electron chi connectivity index (χ3n) is 5.78. The molecule has 13 nitrogen and oxygen atoms in total. The van der Waals surface area contributed by atoms with Crippen molar-refractivity contribution in [1.82, 2.24) is 30.4 Å². The van der Waals surface area contributed by atoms with E-state index in [9.17, 15) is 23.1 Å². The molecule has 4 rings (SSSR count). The summed E-state index contributed by atoms with van der Waals surface area (Å²) in [7, 11) is -4.26. The molecule has 4 aromatic rings. The van der Waals surface area contributed by atoms with Gasteiger partial charge >= 0.3 is 5.97 Å². The Morgan fingerprint density at radius 3 is 2.66 bits per heavy atom. The quantitative estimate of drug-likeness (QED) is 0.165. The first-order chi connectivity index (χ1) is 18.2. The zero-order valence-corrected chi connectivity index (χ0v) is 21.5. The number of H-pyrrole nitrogens is 1. The van der Waals surface area contributed by atoms with Gasteiger partial charge in [-0.1, -0.05) is 23.4 Å². The number of carbonyl (C=O) groups excluding carboxylic acids is 1. The number of hydrogen-bond donors (Lipinski definition) is 5. The summed E-state index contributed by atoms with van der Waals surface area (Å²) in [5, 5.41) is 26.9. The lowest BCUT2D eigenvalue weighted by atomic mass is 10.1. The van der Waals surface area contributed by atoms with Gasteiger partial charge in [0, 0.05) is 30.4 Å². The van der Waals surface area contributed by atoms with E-state index < -0.39 is 34.5 Å². The summed E-state index contributed by atoms with van der Waals surface area (Å²) < 4.78 is 32.4. The fourth-order valence-electron chi connectivity index (χ4n) is 3.99. The molecule has 0 saturated carbocycles. The van der Waals surface area contributed by atoms with Gasteiger partial charge in [0.05, 0.1) is 5.56 Å². The third kappa shape index (κ3) is 5.98. The molecule has 0 aliphatic carbocycles. The summed E-state index contributed by atoms with van der Waals surface area (Å²) in [6.45, 7) is 3.03. The normalized spacial score (nSPS) is 12.4. The van der Waals surface area contributed by atoms with Crippen molar-refractivity contribution in [2.45, 2.75) is 37.6 Å². The maximum absolute atomic E-state index is 12.9. The van der Waals surface area contributed by atoms with Crippen LogP contribution in [0.1, 0.15) is 33.9 Å². The minimum atomic E-state index is -4.26. The lowest BCUT2D eigenvalue weighted by Gasteiger charge is -2.15. The number of nitrogens with one attached hydrogen (secondary N) is 4. The number of para-hydroxylation sites is 1. The van der Waals surface area contributed by atoms with E-state index in [2.05, 4.69) is 35.7 Å².